The molecule has 86 valence electrons. The van der Waals surface area contributed by atoms with Gasteiger partial charge < -0.3 is 5.11 Å². The van der Waals surface area contributed by atoms with Crippen LogP contribution >= 0.6 is 11.6 Å². The summed E-state index contributed by atoms with van der Waals surface area (Å²) in [7, 11) is 3.68. The van der Waals surface area contributed by atoms with Crippen molar-refractivity contribution in [3.05, 3.63) is 28.8 Å². The van der Waals surface area contributed by atoms with Gasteiger partial charge in [0.25, 0.3) is 0 Å². The van der Waals surface area contributed by atoms with Gasteiger partial charge in [-0.15, -0.1) is 0 Å². The van der Waals surface area contributed by atoms with Crippen LogP contribution in [0.15, 0.2) is 18.2 Å². The lowest BCUT2D eigenvalue weighted by Crippen LogP contribution is -2.41. The lowest BCUT2D eigenvalue weighted by Gasteiger charge is -2.29. The van der Waals surface area contributed by atoms with Gasteiger partial charge in [0.2, 0.25) is 0 Å². The van der Waals surface area contributed by atoms with Gasteiger partial charge in [-0.05, 0) is 44.8 Å². The van der Waals surface area contributed by atoms with Crippen LogP contribution in [0.4, 0.5) is 0 Å². The minimum Gasteiger partial charge on any atom is -0.508 e. The first-order valence-electron chi connectivity index (χ1n) is 4.95. The first-order chi connectivity index (χ1) is 7.39. The van der Waals surface area contributed by atoms with E-state index >= 15 is 0 Å². The molecule has 1 aromatic rings. The zero-order chi connectivity index (χ0) is 12.3. The molecule has 1 rings (SSSR count). The Balaban J connectivity index is 3.04. The second kappa shape index (κ2) is 4.73. The zero-order valence-electron chi connectivity index (χ0n) is 9.66. The first kappa shape index (κ1) is 12.8. The standard InChI is InChI=1S/C12H15ClN2O/c1-12(8-14,15(2)3)7-9-6-10(13)4-5-11(9)16/h4-6,16H,7H2,1-3H3. The summed E-state index contributed by atoms with van der Waals surface area (Å²) in [5, 5.41) is 19.4. The van der Waals surface area contributed by atoms with Crippen LogP contribution in [0.25, 0.3) is 0 Å². The third-order valence-corrected chi connectivity index (χ3v) is 3.04. The third-order valence-electron chi connectivity index (χ3n) is 2.80. The van der Waals surface area contributed by atoms with Gasteiger partial charge >= 0.3 is 0 Å². The van der Waals surface area contributed by atoms with E-state index in [1.165, 1.54) is 0 Å². The Morgan fingerprint density at radius 1 is 1.50 bits per heavy atom. The minimum absolute atomic E-state index is 0.174. The van der Waals surface area contributed by atoms with Crippen LogP contribution in [0.5, 0.6) is 5.75 Å². The number of phenols is 1. The fraction of sp³-hybridized carbons (Fsp3) is 0.417. The van der Waals surface area contributed by atoms with Crippen LogP contribution in [-0.4, -0.2) is 29.6 Å². The van der Waals surface area contributed by atoms with E-state index < -0.39 is 5.54 Å². The summed E-state index contributed by atoms with van der Waals surface area (Å²) >= 11 is 5.86. The number of hydrogen-bond donors (Lipinski definition) is 1. The smallest absolute Gasteiger partial charge is 0.118 e. The number of nitriles is 1. The predicted molar refractivity (Wildman–Crippen MR) is 64.5 cm³/mol. The van der Waals surface area contributed by atoms with Crippen LogP contribution < -0.4 is 0 Å². The van der Waals surface area contributed by atoms with Crippen LogP contribution in [0.1, 0.15) is 12.5 Å². The van der Waals surface area contributed by atoms with Gasteiger partial charge in [-0.25, -0.2) is 0 Å². The summed E-state index contributed by atoms with van der Waals surface area (Å²) < 4.78 is 0. The van der Waals surface area contributed by atoms with Gasteiger partial charge in [-0.3, -0.25) is 4.90 Å². The molecule has 0 aliphatic rings. The van der Waals surface area contributed by atoms with E-state index in [1.807, 2.05) is 25.9 Å². The molecule has 1 atom stereocenters. The fourth-order valence-electron chi connectivity index (χ4n) is 1.36. The van der Waals surface area contributed by atoms with Crippen LogP contribution in [-0.2, 0) is 6.42 Å². The molecule has 4 heteroatoms. The number of halogens is 1. The quantitative estimate of drug-likeness (QED) is 0.880. The van der Waals surface area contributed by atoms with E-state index in [9.17, 15) is 10.4 Å². The van der Waals surface area contributed by atoms with Crippen molar-refractivity contribution in [3.63, 3.8) is 0 Å². The molecule has 0 bridgehead atoms. The summed E-state index contributed by atoms with van der Waals surface area (Å²) in [6.45, 7) is 1.83. The molecule has 0 aromatic heterocycles. The number of hydrogen-bond acceptors (Lipinski definition) is 3. The summed E-state index contributed by atoms with van der Waals surface area (Å²) in [4.78, 5) is 1.83. The number of likely N-dealkylation sites (N-methyl/N-ethyl adjacent to an activating group) is 1. The van der Waals surface area contributed by atoms with Gasteiger partial charge in [-0.1, -0.05) is 11.6 Å². The highest BCUT2D eigenvalue weighted by Crippen LogP contribution is 2.27. The molecule has 0 amide bonds. The van der Waals surface area contributed by atoms with Gasteiger partial charge in [0.05, 0.1) is 6.07 Å². The number of phenolic OH excluding ortho intramolecular Hbond substituents is 1. The van der Waals surface area contributed by atoms with Gasteiger partial charge in [0.1, 0.15) is 11.3 Å². The number of aromatic hydroxyl groups is 1. The molecule has 0 radical (unpaired) electrons. The summed E-state index contributed by atoms with van der Waals surface area (Å²) in [5.74, 6) is 0.174. The summed E-state index contributed by atoms with van der Waals surface area (Å²) in [6, 6.07) is 7.11. The Labute approximate surface area is 101 Å². The Hall–Kier alpha value is -1.24. The predicted octanol–water partition coefficient (Wildman–Crippen LogP) is 2.43. The maximum absolute atomic E-state index is 9.69. The molecular weight excluding hydrogens is 224 g/mol. The molecule has 0 heterocycles. The molecule has 0 saturated heterocycles. The van der Waals surface area contributed by atoms with Crippen molar-refractivity contribution in [1.82, 2.24) is 4.90 Å². The van der Waals surface area contributed by atoms with Crippen molar-refractivity contribution in [2.75, 3.05) is 14.1 Å². The van der Waals surface area contributed by atoms with Gasteiger partial charge in [0.15, 0.2) is 0 Å². The molecule has 16 heavy (non-hydrogen) atoms. The second-order valence-electron chi connectivity index (χ2n) is 4.23. The van der Waals surface area contributed by atoms with E-state index in [0.717, 1.165) is 0 Å². The molecule has 0 aliphatic carbocycles. The Bertz CT molecular complexity index is 426. The molecular formula is C12H15ClN2O. The van der Waals surface area contributed by atoms with Gasteiger partial charge in [0, 0.05) is 11.4 Å². The second-order valence-corrected chi connectivity index (χ2v) is 4.67. The molecule has 0 spiro atoms. The Morgan fingerprint density at radius 2 is 2.12 bits per heavy atom. The lowest BCUT2D eigenvalue weighted by atomic mass is 9.93. The largest absolute Gasteiger partial charge is 0.508 e. The van der Waals surface area contributed by atoms with Crippen molar-refractivity contribution in [3.8, 4) is 11.8 Å². The van der Waals surface area contributed by atoms with Crippen molar-refractivity contribution >= 4 is 11.6 Å². The highest BCUT2D eigenvalue weighted by Gasteiger charge is 2.28. The SMILES string of the molecule is CN(C)C(C)(C#N)Cc1cc(Cl)ccc1O. The summed E-state index contributed by atoms with van der Waals surface area (Å²) in [6.07, 6.45) is 0.433. The average molecular weight is 239 g/mol. The number of nitrogens with zero attached hydrogens (tertiary/aromatic N) is 2. The molecule has 0 saturated carbocycles. The fourth-order valence-corrected chi connectivity index (χ4v) is 1.56. The molecule has 0 aliphatic heterocycles. The first-order valence-corrected chi connectivity index (χ1v) is 5.33. The monoisotopic (exact) mass is 238 g/mol. The van der Waals surface area contributed by atoms with Crippen LogP contribution in [0, 0.1) is 11.3 Å². The van der Waals surface area contributed by atoms with Crippen molar-refractivity contribution in [1.29, 1.82) is 5.26 Å². The molecule has 1 aromatic carbocycles. The van der Waals surface area contributed by atoms with Gasteiger partial charge in [-0.2, -0.15) is 5.26 Å². The maximum atomic E-state index is 9.69. The Morgan fingerprint density at radius 3 is 2.62 bits per heavy atom. The zero-order valence-corrected chi connectivity index (χ0v) is 10.4. The Kier molecular flexibility index (Phi) is 3.79. The summed E-state index contributed by atoms with van der Waals surface area (Å²) in [5.41, 5.74) is 0.0348. The van der Waals surface area contributed by atoms with Crippen molar-refractivity contribution in [2.45, 2.75) is 18.9 Å². The highest BCUT2D eigenvalue weighted by molar-refractivity contribution is 6.30. The molecule has 1 unspecified atom stereocenters. The number of rotatable bonds is 3. The van der Waals surface area contributed by atoms with Crippen LogP contribution in [0.3, 0.4) is 0 Å². The molecule has 0 fully saturated rings. The van der Waals surface area contributed by atoms with E-state index in [-0.39, 0.29) is 5.75 Å². The average Bonchev–Trinajstić information content (AvgIpc) is 2.23. The number of benzene rings is 1. The molecule has 3 nitrogen and oxygen atoms in total. The van der Waals surface area contributed by atoms with E-state index in [0.29, 0.717) is 17.0 Å². The maximum Gasteiger partial charge on any atom is 0.118 e. The third kappa shape index (κ3) is 2.66. The minimum atomic E-state index is -0.651. The van der Waals surface area contributed by atoms with E-state index in [2.05, 4.69) is 6.07 Å². The van der Waals surface area contributed by atoms with E-state index in [1.54, 1.807) is 18.2 Å². The highest BCUT2D eigenvalue weighted by atomic mass is 35.5. The molecule has 1 N–H and O–H groups in total. The normalized spacial score (nSPS) is 14.5. The van der Waals surface area contributed by atoms with Crippen molar-refractivity contribution in [2.24, 2.45) is 0 Å². The topological polar surface area (TPSA) is 47.3 Å². The van der Waals surface area contributed by atoms with Crippen molar-refractivity contribution < 1.29 is 5.11 Å². The van der Waals surface area contributed by atoms with E-state index in [4.69, 9.17) is 11.6 Å². The van der Waals surface area contributed by atoms with Crippen LogP contribution in [0.2, 0.25) is 5.02 Å². The lowest BCUT2D eigenvalue weighted by molar-refractivity contribution is 0.235.